The first-order valence-electron chi connectivity index (χ1n) is 7.25. The highest BCUT2D eigenvalue weighted by atomic mass is 127. The summed E-state index contributed by atoms with van der Waals surface area (Å²) in [6.45, 7) is 2.20. The lowest BCUT2D eigenvalue weighted by Crippen LogP contribution is -1.99. The number of rotatable bonds is 9. The summed E-state index contributed by atoms with van der Waals surface area (Å²) in [6.07, 6.45) is 7.42. The van der Waals surface area contributed by atoms with E-state index in [9.17, 15) is 8.78 Å². The van der Waals surface area contributed by atoms with Gasteiger partial charge in [0.1, 0.15) is 0 Å². The molecule has 0 N–H and O–H groups in total. The Morgan fingerprint density at radius 3 is 2.50 bits per heavy atom. The Labute approximate surface area is 134 Å². The molecule has 0 saturated carbocycles. The van der Waals surface area contributed by atoms with Crippen LogP contribution in [-0.4, -0.2) is 11.0 Å². The molecule has 0 fully saturated rings. The lowest BCUT2D eigenvalue weighted by molar-refractivity contribution is 0.370. The normalized spacial score (nSPS) is 12.4. The third-order valence-corrected chi connectivity index (χ3v) is 4.66. The minimum atomic E-state index is -0.875. The van der Waals surface area contributed by atoms with E-state index in [0.29, 0.717) is 12.0 Å². The Hall–Kier alpha value is -0.390. The fraction of sp³-hybridized carbons (Fsp3) is 0.625. The standard InChI is InChI=1S/C16H23F2IO/c1-3-7-13(19)9-6-4-5-8-12-10-11-14(20-2)16(18)15(12)17/h10-11,13H,3-9H2,1-2H3. The van der Waals surface area contributed by atoms with Gasteiger partial charge in [-0.15, -0.1) is 0 Å². The minimum absolute atomic E-state index is 0.0291. The zero-order valence-electron chi connectivity index (χ0n) is 12.2. The lowest BCUT2D eigenvalue weighted by Gasteiger charge is -2.09. The van der Waals surface area contributed by atoms with Crippen LogP contribution in [0.25, 0.3) is 0 Å². The van der Waals surface area contributed by atoms with Crippen LogP contribution in [0.15, 0.2) is 12.1 Å². The fourth-order valence-electron chi connectivity index (χ4n) is 2.24. The second-order valence-electron chi connectivity index (χ2n) is 5.04. The summed E-state index contributed by atoms with van der Waals surface area (Å²) in [5.41, 5.74) is 0.447. The van der Waals surface area contributed by atoms with Crippen LogP contribution >= 0.6 is 22.6 Å². The Bertz CT molecular complexity index is 410. The van der Waals surface area contributed by atoms with Crippen molar-refractivity contribution in [1.82, 2.24) is 0 Å². The van der Waals surface area contributed by atoms with Crippen LogP contribution in [0.2, 0.25) is 0 Å². The quantitative estimate of drug-likeness (QED) is 0.297. The Morgan fingerprint density at radius 2 is 1.85 bits per heavy atom. The van der Waals surface area contributed by atoms with Gasteiger partial charge >= 0.3 is 0 Å². The van der Waals surface area contributed by atoms with Gasteiger partial charge in [0.2, 0.25) is 5.82 Å². The van der Waals surface area contributed by atoms with E-state index in [1.54, 1.807) is 6.07 Å². The number of hydrogen-bond donors (Lipinski definition) is 0. The van der Waals surface area contributed by atoms with Crippen molar-refractivity contribution in [2.45, 2.75) is 55.8 Å². The van der Waals surface area contributed by atoms with Gasteiger partial charge in [-0.05, 0) is 37.3 Å². The van der Waals surface area contributed by atoms with Gasteiger partial charge in [-0.25, -0.2) is 4.39 Å². The molecule has 0 amide bonds. The minimum Gasteiger partial charge on any atom is -0.494 e. The van der Waals surface area contributed by atoms with Crippen LogP contribution in [0.3, 0.4) is 0 Å². The molecule has 0 bridgehead atoms. The fourth-order valence-corrected chi connectivity index (χ4v) is 3.30. The molecule has 0 heterocycles. The van der Waals surface area contributed by atoms with E-state index >= 15 is 0 Å². The second kappa shape index (κ2) is 9.53. The van der Waals surface area contributed by atoms with Crippen LogP contribution in [0.1, 0.15) is 51.0 Å². The molecule has 0 aliphatic heterocycles. The monoisotopic (exact) mass is 396 g/mol. The van der Waals surface area contributed by atoms with Gasteiger partial charge in [0, 0.05) is 3.92 Å². The molecule has 4 heteroatoms. The van der Waals surface area contributed by atoms with E-state index in [4.69, 9.17) is 4.74 Å². The van der Waals surface area contributed by atoms with Gasteiger partial charge in [-0.2, -0.15) is 4.39 Å². The molecule has 1 rings (SSSR count). The smallest absolute Gasteiger partial charge is 0.200 e. The average molecular weight is 396 g/mol. The number of benzene rings is 1. The molecule has 1 aromatic rings. The van der Waals surface area contributed by atoms with E-state index in [1.165, 1.54) is 32.4 Å². The van der Waals surface area contributed by atoms with Gasteiger partial charge in [0.15, 0.2) is 11.6 Å². The van der Waals surface area contributed by atoms with E-state index in [-0.39, 0.29) is 5.75 Å². The maximum Gasteiger partial charge on any atom is 0.200 e. The predicted octanol–water partition coefficient (Wildman–Crippen LogP) is 5.68. The SMILES string of the molecule is CCCC(I)CCCCCc1ccc(OC)c(F)c1F. The molecule has 0 spiro atoms. The summed E-state index contributed by atoms with van der Waals surface area (Å²) in [6, 6.07) is 3.12. The summed E-state index contributed by atoms with van der Waals surface area (Å²) >= 11 is 2.50. The number of ether oxygens (including phenoxy) is 1. The summed E-state index contributed by atoms with van der Waals surface area (Å²) in [5.74, 6) is -1.67. The van der Waals surface area contributed by atoms with Gasteiger partial charge in [-0.1, -0.05) is 54.8 Å². The first-order valence-corrected chi connectivity index (χ1v) is 8.49. The first-order chi connectivity index (χ1) is 9.60. The van der Waals surface area contributed by atoms with Crippen LogP contribution < -0.4 is 4.74 Å². The molecular weight excluding hydrogens is 373 g/mol. The number of alkyl halides is 1. The van der Waals surface area contributed by atoms with E-state index in [1.807, 2.05) is 0 Å². The highest BCUT2D eigenvalue weighted by Crippen LogP contribution is 2.24. The highest BCUT2D eigenvalue weighted by molar-refractivity contribution is 14.1. The van der Waals surface area contributed by atoms with Crippen molar-refractivity contribution in [3.8, 4) is 5.75 Å². The Balaban J connectivity index is 2.34. The van der Waals surface area contributed by atoms with Crippen molar-refractivity contribution in [1.29, 1.82) is 0 Å². The maximum absolute atomic E-state index is 13.7. The average Bonchev–Trinajstić information content (AvgIpc) is 2.43. The van der Waals surface area contributed by atoms with Crippen molar-refractivity contribution in [3.63, 3.8) is 0 Å². The Kier molecular flexibility index (Phi) is 8.41. The van der Waals surface area contributed by atoms with Crippen molar-refractivity contribution in [3.05, 3.63) is 29.3 Å². The molecular formula is C16H23F2IO. The molecule has 1 nitrogen and oxygen atoms in total. The highest BCUT2D eigenvalue weighted by Gasteiger charge is 2.13. The largest absolute Gasteiger partial charge is 0.494 e. The molecule has 114 valence electrons. The number of unbranched alkanes of at least 4 members (excludes halogenated alkanes) is 2. The molecule has 0 aliphatic carbocycles. The number of halogens is 3. The zero-order valence-corrected chi connectivity index (χ0v) is 14.4. The van der Waals surface area contributed by atoms with E-state index < -0.39 is 11.6 Å². The molecule has 1 aromatic carbocycles. The summed E-state index contributed by atoms with van der Waals surface area (Å²) in [7, 11) is 1.34. The molecule has 0 aromatic heterocycles. The van der Waals surface area contributed by atoms with Crippen molar-refractivity contribution < 1.29 is 13.5 Å². The summed E-state index contributed by atoms with van der Waals surface area (Å²) < 4.78 is 32.8. The van der Waals surface area contributed by atoms with Crippen LogP contribution in [-0.2, 0) is 6.42 Å². The van der Waals surface area contributed by atoms with Gasteiger partial charge in [-0.3, -0.25) is 0 Å². The lowest BCUT2D eigenvalue weighted by atomic mass is 10.0. The molecule has 1 atom stereocenters. The molecule has 20 heavy (non-hydrogen) atoms. The third-order valence-electron chi connectivity index (χ3n) is 3.41. The van der Waals surface area contributed by atoms with Crippen LogP contribution in [0.4, 0.5) is 8.78 Å². The predicted molar refractivity (Wildman–Crippen MR) is 87.8 cm³/mol. The number of aryl methyl sites for hydroxylation is 1. The summed E-state index contributed by atoms with van der Waals surface area (Å²) in [4.78, 5) is 0. The second-order valence-corrected chi connectivity index (χ2v) is 6.80. The molecule has 0 saturated heterocycles. The van der Waals surface area contributed by atoms with Crippen molar-refractivity contribution in [2.24, 2.45) is 0 Å². The van der Waals surface area contributed by atoms with Gasteiger partial charge in [0.05, 0.1) is 7.11 Å². The first kappa shape index (κ1) is 17.7. The topological polar surface area (TPSA) is 9.23 Å². The summed E-state index contributed by atoms with van der Waals surface area (Å²) in [5, 5.41) is 0. The molecule has 1 unspecified atom stereocenters. The van der Waals surface area contributed by atoms with Crippen molar-refractivity contribution in [2.75, 3.05) is 7.11 Å². The Morgan fingerprint density at radius 1 is 1.10 bits per heavy atom. The van der Waals surface area contributed by atoms with Crippen LogP contribution in [0, 0.1) is 11.6 Å². The number of hydrogen-bond acceptors (Lipinski definition) is 1. The van der Waals surface area contributed by atoms with E-state index in [0.717, 1.165) is 23.2 Å². The van der Waals surface area contributed by atoms with E-state index in [2.05, 4.69) is 29.5 Å². The van der Waals surface area contributed by atoms with Crippen LogP contribution in [0.5, 0.6) is 5.75 Å². The molecule has 0 radical (unpaired) electrons. The third kappa shape index (κ3) is 5.54. The van der Waals surface area contributed by atoms with Crippen molar-refractivity contribution >= 4 is 22.6 Å². The maximum atomic E-state index is 13.7. The van der Waals surface area contributed by atoms with Gasteiger partial charge < -0.3 is 4.74 Å². The zero-order chi connectivity index (χ0) is 15.0. The van der Waals surface area contributed by atoms with Gasteiger partial charge in [0.25, 0.3) is 0 Å². The molecule has 0 aliphatic rings. The number of methoxy groups -OCH3 is 1.